The lowest BCUT2D eigenvalue weighted by Crippen LogP contribution is -2.49. The van der Waals surface area contributed by atoms with Crippen LogP contribution in [0.3, 0.4) is 0 Å². The maximum Gasteiger partial charge on any atom is 0.182 e. The number of hydrogen-bond donors (Lipinski definition) is 0. The molecule has 1 aromatic carbocycles. The highest BCUT2D eigenvalue weighted by Gasteiger charge is 2.23. The van der Waals surface area contributed by atoms with E-state index in [4.69, 9.17) is 16.7 Å². The SMILES string of the molecule is CC(C)N1CCN(CCn2nc(-c3cncs3)c3c(Cl)c(-c4ccccc4)nnc32)CC1. The summed E-state index contributed by atoms with van der Waals surface area (Å²) in [6.45, 7) is 10.5. The lowest BCUT2D eigenvalue weighted by atomic mass is 10.1. The molecule has 166 valence electrons. The molecule has 5 rings (SSSR count). The van der Waals surface area contributed by atoms with E-state index in [2.05, 4.69) is 38.8 Å². The zero-order valence-electron chi connectivity index (χ0n) is 18.3. The van der Waals surface area contributed by atoms with Crippen LogP contribution in [0.5, 0.6) is 0 Å². The number of piperazine rings is 1. The van der Waals surface area contributed by atoms with E-state index in [0.717, 1.165) is 66.4 Å². The highest BCUT2D eigenvalue weighted by Crippen LogP contribution is 2.38. The number of benzene rings is 1. The Kier molecular flexibility index (Phi) is 6.19. The van der Waals surface area contributed by atoms with Crippen LogP contribution in [0.2, 0.25) is 5.02 Å². The highest BCUT2D eigenvalue weighted by molar-refractivity contribution is 7.13. The summed E-state index contributed by atoms with van der Waals surface area (Å²) < 4.78 is 1.95. The Labute approximate surface area is 196 Å². The Balaban J connectivity index is 1.47. The van der Waals surface area contributed by atoms with Gasteiger partial charge in [-0.2, -0.15) is 5.10 Å². The topological polar surface area (TPSA) is 63.0 Å². The first-order chi connectivity index (χ1) is 15.6. The van der Waals surface area contributed by atoms with Crippen molar-refractivity contribution >= 4 is 34.0 Å². The number of rotatable bonds is 6. The molecule has 0 bridgehead atoms. The summed E-state index contributed by atoms with van der Waals surface area (Å²) in [5.74, 6) is 0. The van der Waals surface area contributed by atoms with Gasteiger partial charge in [0.1, 0.15) is 11.4 Å². The molecule has 9 heteroatoms. The molecule has 0 N–H and O–H groups in total. The average molecular weight is 468 g/mol. The quantitative estimate of drug-likeness (QED) is 0.421. The van der Waals surface area contributed by atoms with Crippen molar-refractivity contribution in [3.8, 4) is 21.8 Å². The summed E-state index contributed by atoms with van der Waals surface area (Å²) >= 11 is 8.47. The van der Waals surface area contributed by atoms with E-state index in [0.29, 0.717) is 16.8 Å². The fourth-order valence-corrected chi connectivity index (χ4v) is 5.13. The lowest BCUT2D eigenvalue weighted by Gasteiger charge is -2.36. The minimum atomic E-state index is 0.585. The Bertz CT molecular complexity index is 1180. The van der Waals surface area contributed by atoms with Crippen molar-refractivity contribution in [2.75, 3.05) is 32.7 Å². The highest BCUT2D eigenvalue weighted by atomic mass is 35.5. The summed E-state index contributed by atoms with van der Waals surface area (Å²) in [6.07, 6.45) is 1.83. The van der Waals surface area contributed by atoms with Gasteiger partial charge in [-0.15, -0.1) is 21.5 Å². The van der Waals surface area contributed by atoms with Crippen molar-refractivity contribution in [3.05, 3.63) is 47.1 Å². The fourth-order valence-electron chi connectivity index (χ4n) is 4.20. The molecule has 1 aliphatic rings. The molecule has 4 heterocycles. The van der Waals surface area contributed by atoms with E-state index in [-0.39, 0.29) is 0 Å². The minimum absolute atomic E-state index is 0.585. The second-order valence-electron chi connectivity index (χ2n) is 8.34. The van der Waals surface area contributed by atoms with Crippen LogP contribution in [0.15, 0.2) is 42.0 Å². The number of hydrogen-bond acceptors (Lipinski definition) is 7. The predicted octanol–water partition coefficient (Wildman–Crippen LogP) is 4.30. The first kappa shape index (κ1) is 21.5. The van der Waals surface area contributed by atoms with Crippen LogP contribution >= 0.6 is 22.9 Å². The summed E-state index contributed by atoms with van der Waals surface area (Å²) in [5, 5.41) is 15.4. The van der Waals surface area contributed by atoms with Gasteiger partial charge in [-0.1, -0.05) is 41.9 Å². The zero-order chi connectivity index (χ0) is 22.1. The summed E-state index contributed by atoms with van der Waals surface area (Å²) in [6, 6.07) is 10.5. The van der Waals surface area contributed by atoms with Crippen molar-refractivity contribution in [3.63, 3.8) is 0 Å². The predicted molar refractivity (Wildman–Crippen MR) is 130 cm³/mol. The maximum absolute atomic E-state index is 6.92. The minimum Gasteiger partial charge on any atom is -0.299 e. The second-order valence-corrected chi connectivity index (χ2v) is 9.60. The molecule has 0 aliphatic carbocycles. The molecule has 7 nitrogen and oxygen atoms in total. The molecule has 4 aromatic rings. The van der Waals surface area contributed by atoms with Gasteiger partial charge in [0, 0.05) is 50.5 Å². The van der Waals surface area contributed by atoms with Crippen molar-refractivity contribution in [1.82, 2.24) is 34.8 Å². The molecule has 0 amide bonds. The summed E-state index contributed by atoms with van der Waals surface area (Å²) in [4.78, 5) is 10.2. The van der Waals surface area contributed by atoms with Gasteiger partial charge >= 0.3 is 0 Å². The van der Waals surface area contributed by atoms with E-state index in [9.17, 15) is 0 Å². The Morgan fingerprint density at radius 3 is 2.47 bits per heavy atom. The first-order valence-corrected chi connectivity index (χ1v) is 12.2. The van der Waals surface area contributed by atoms with Crippen molar-refractivity contribution in [1.29, 1.82) is 0 Å². The zero-order valence-corrected chi connectivity index (χ0v) is 19.9. The lowest BCUT2D eigenvalue weighted by molar-refractivity contribution is 0.105. The third-order valence-electron chi connectivity index (χ3n) is 6.08. The monoisotopic (exact) mass is 467 g/mol. The number of nitrogens with zero attached hydrogens (tertiary/aromatic N) is 7. The molecule has 0 spiro atoms. The van der Waals surface area contributed by atoms with Gasteiger partial charge in [0.25, 0.3) is 0 Å². The van der Waals surface area contributed by atoms with Gasteiger partial charge in [0.05, 0.1) is 27.3 Å². The third-order valence-corrected chi connectivity index (χ3v) is 7.22. The fraction of sp³-hybridized carbons (Fsp3) is 0.391. The maximum atomic E-state index is 6.92. The molecule has 3 aromatic heterocycles. The van der Waals surface area contributed by atoms with Crippen LogP contribution in [-0.2, 0) is 6.54 Å². The van der Waals surface area contributed by atoms with E-state index < -0.39 is 0 Å². The van der Waals surface area contributed by atoms with Gasteiger partial charge in [0.15, 0.2) is 5.65 Å². The molecule has 1 fully saturated rings. The molecule has 0 unspecified atom stereocenters. The number of halogens is 1. The van der Waals surface area contributed by atoms with E-state index in [1.807, 2.05) is 46.7 Å². The van der Waals surface area contributed by atoms with Gasteiger partial charge < -0.3 is 0 Å². The van der Waals surface area contributed by atoms with E-state index in [1.165, 1.54) is 0 Å². The second kappa shape index (κ2) is 9.23. The molecule has 0 saturated carbocycles. The molecule has 32 heavy (non-hydrogen) atoms. The molecular formula is C23H26ClN7S. The molecule has 1 saturated heterocycles. The van der Waals surface area contributed by atoms with Crippen LogP contribution < -0.4 is 0 Å². The van der Waals surface area contributed by atoms with Crippen LogP contribution in [0.4, 0.5) is 0 Å². The average Bonchev–Trinajstić information content (AvgIpc) is 3.47. The number of aromatic nitrogens is 5. The Hall–Kier alpha value is -2.39. The summed E-state index contributed by atoms with van der Waals surface area (Å²) in [5.41, 5.74) is 4.98. The molecule has 0 radical (unpaired) electrons. The normalized spacial score (nSPS) is 15.8. The summed E-state index contributed by atoms with van der Waals surface area (Å²) in [7, 11) is 0. The Morgan fingerprint density at radius 1 is 1.00 bits per heavy atom. The number of thiazole rings is 1. The third kappa shape index (κ3) is 4.15. The van der Waals surface area contributed by atoms with Crippen molar-refractivity contribution in [2.24, 2.45) is 0 Å². The van der Waals surface area contributed by atoms with Crippen LogP contribution in [0.25, 0.3) is 32.9 Å². The Morgan fingerprint density at radius 2 is 1.78 bits per heavy atom. The van der Waals surface area contributed by atoms with Gasteiger partial charge in [-0.05, 0) is 13.8 Å². The smallest absolute Gasteiger partial charge is 0.182 e. The van der Waals surface area contributed by atoms with E-state index in [1.54, 1.807) is 11.3 Å². The van der Waals surface area contributed by atoms with Gasteiger partial charge in [-0.3, -0.25) is 14.8 Å². The van der Waals surface area contributed by atoms with Crippen molar-refractivity contribution < 1.29 is 0 Å². The van der Waals surface area contributed by atoms with E-state index >= 15 is 0 Å². The van der Waals surface area contributed by atoms with Gasteiger partial charge in [0.2, 0.25) is 0 Å². The standard InChI is InChI=1S/C23H26ClN7S/c1-16(2)30-11-8-29(9-12-30)10-13-31-23-19(22(28-31)18-14-25-15-32-18)20(24)21(26-27-23)17-6-4-3-5-7-17/h3-7,14-16H,8-13H2,1-2H3. The largest absolute Gasteiger partial charge is 0.299 e. The molecular weight excluding hydrogens is 442 g/mol. The van der Waals surface area contributed by atoms with Gasteiger partial charge in [-0.25, -0.2) is 4.68 Å². The first-order valence-electron chi connectivity index (χ1n) is 10.9. The van der Waals surface area contributed by atoms with Crippen LogP contribution in [0, 0.1) is 0 Å². The van der Waals surface area contributed by atoms with Crippen LogP contribution in [0.1, 0.15) is 13.8 Å². The molecule has 1 aliphatic heterocycles. The number of fused-ring (bicyclic) bond motifs is 1. The van der Waals surface area contributed by atoms with Crippen LogP contribution in [-0.4, -0.2) is 73.5 Å². The van der Waals surface area contributed by atoms with Crippen molar-refractivity contribution in [2.45, 2.75) is 26.4 Å². The molecule has 0 atom stereocenters.